The molecule has 0 aliphatic heterocycles. The molecule has 11 heavy (non-hydrogen) atoms. The fraction of sp³-hybridized carbons (Fsp3) is 0. The minimum absolute atomic E-state index is 0.0509. The van der Waals surface area contributed by atoms with Gasteiger partial charge >= 0.3 is 0 Å². The molecule has 0 radical (unpaired) electrons. The van der Waals surface area contributed by atoms with Crippen LogP contribution in [-0.2, 0) is 0 Å². The lowest BCUT2D eigenvalue weighted by Crippen LogP contribution is -2.16. The molecule has 0 unspecified atom stereocenters. The molecule has 1 aromatic carbocycles. The molecule has 0 aliphatic carbocycles. The first-order valence-corrected chi connectivity index (χ1v) is 3.17. The van der Waals surface area contributed by atoms with Gasteiger partial charge in [0.25, 0.3) is 5.91 Å². The molecule has 2 N–H and O–H groups in total. The van der Waals surface area contributed by atoms with Gasteiger partial charge in [-0.2, -0.15) is 0 Å². The maximum atomic E-state index is 12.7. The third-order valence-electron chi connectivity index (χ3n) is 1.39. The van der Waals surface area contributed by atoms with Gasteiger partial charge in [-0.05, 0) is 6.07 Å². The number of halogens is 1. The molecule has 2 nitrogen and oxygen atoms in total. The summed E-state index contributed by atoms with van der Waals surface area (Å²) in [4.78, 5) is 10.6. The number of hydrogen-bond acceptors (Lipinski definition) is 1. The van der Waals surface area contributed by atoms with Crippen LogP contribution in [0, 0.1) is 5.82 Å². The first-order valence-electron chi connectivity index (χ1n) is 3.17. The Hall–Kier alpha value is -1.32. The molecule has 0 atom stereocenters. The normalized spacial score (nSPS) is 9.55. The molecule has 0 saturated heterocycles. The Kier molecular flexibility index (Phi) is 1.94. The molecule has 4 heteroatoms. The van der Waals surface area contributed by atoms with Gasteiger partial charge in [0, 0.05) is 0 Å². The van der Waals surface area contributed by atoms with Gasteiger partial charge in [-0.15, -0.1) is 0 Å². The quantitative estimate of drug-likeness (QED) is 0.523. The Labute approximate surface area is 64.6 Å². The molecule has 0 bridgehead atoms. The Balaban J connectivity index is 3.23. The van der Waals surface area contributed by atoms with E-state index in [0.717, 1.165) is 5.46 Å². The van der Waals surface area contributed by atoms with E-state index in [1.54, 1.807) is 13.9 Å². The summed E-state index contributed by atoms with van der Waals surface area (Å²) in [6.45, 7) is 0. The molecule has 56 valence electrons. The summed E-state index contributed by atoms with van der Waals surface area (Å²) < 4.78 is 12.7. The van der Waals surface area contributed by atoms with E-state index in [9.17, 15) is 9.18 Å². The second kappa shape index (κ2) is 2.74. The molecular formula is C7H7BFNO. The molecule has 0 spiro atoms. The predicted molar refractivity (Wildman–Crippen MR) is 43.1 cm³/mol. The lowest BCUT2D eigenvalue weighted by atomic mass is 9.94. The second-order valence-electron chi connectivity index (χ2n) is 2.35. The van der Waals surface area contributed by atoms with Gasteiger partial charge < -0.3 is 5.73 Å². The Bertz CT molecular complexity index is 300. The van der Waals surface area contributed by atoms with Crippen LogP contribution in [0.2, 0.25) is 0 Å². The Morgan fingerprint density at radius 3 is 2.64 bits per heavy atom. The van der Waals surface area contributed by atoms with Crippen LogP contribution in [-0.4, -0.2) is 13.8 Å². The van der Waals surface area contributed by atoms with E-state index < -0.39 is 11.7 Å². The number of rotatable bonds is 1. The fourth-order valence-corrected chi connectivity index (χ4v) is 0.828. The molecule has 0 aromatic heterocycles. The van der Waals surface area contributed by atoms with Gasteiger partial charge in [0.05, 0.1) is 5.56 Å². The van der Waals surface area contributed by atoms with Crippen molar-refractivity contribution in [3.63, 3.8) is 0 Å². The van der Waals surface area contributed by atoms with Gasteiger partial charge in [0.15, 0.2) is 0 Å². The highest BCUT2D eigenvalue weighted by Crippen LogP contribution is 2.02. The molecule has 0 aliphatic rings. The van der Waals surface area contributed by atoms with Crippen molar-refractivity contribution >= 4 is 19.2 Å². The number of primary amides is 1. The summed E-state index contributed by atoms with van der Waals surface area (Å²) in [6, 6.07) is 4.24. The lowest BCUT2D eigenvalue weighted by molar-refractivity contribution is 0.0996. The van der Waals surface area contributed by atoms with Crippen LogP contribution in [0.3, 0.4) is 0 Å². The zero-order chi connectivity index (χ0) is 8.43. The fourth-order valence-electron chi connectivity index (χ4n) is 0.828. The van der Waals surface area contributed by atoms with Crippen molar-refractivity contribution < 1.29 is 9.18 Å². The Morgan fingerprint density at radius 1 is 1.55 bits per heavy atom. The van der Waals surface area contributed by atoms with Crippen LogP contribution in [0.25, 0.3) is 0 Å². The van der Waals surface area contributed by atoms with Gasteiger partial charge in [-0.25, -0.2) is 4.39 Å². The summed E-state index contributed by atoms with van der Waals surface area (Å²) in [5.41, 5.74) is 5.67. The van der Waals surface area contributed by atoms with Crippen molar-refractivity contribution in [3.05, 3.63) is 29.6 Å². The van der Waals surface area contributed by atoms with E-state index in [0.29, 0.717) is 0 Å². The van der Waals surface area contributed by atoms with Crippen molar-refractivity contribution in [1.82, 2.24) is 0 Å². The second-order valence-corrected chi connectivity index (χ2v) is 2.35. The molecule has 0 fully saturated rings. The monoisotopic (exact) mass is 151 g/mol. The van der Waals surface area contributed by atoms with Crippen molar-refractivity contribution in [2.24, 2.45) is 5.73 Å². The Morgan fingerprint density at radius 2 is 2.18 bits per heavy atom. The van der Waals surface area contributed by atoms with Crippen LogP contribution in [0.15, 0.2) is 18.2 Å². The van der Waals surface area contributed by atoms with E-state index in [1.165, 1.54) is 12.1 Å². The largest absolute Gasteiger partial charge is 0.366 e. The summed E-state index contributed by atoms with van der Waals surface area (Å²) in [5.74, 6) is -1.30. The maximum Gasteiger partial charge on any atom is 0.251 e. The van der Waals surface area contributed by atoms with Gasteiger partial charge in [-0.1, -0.05) is 17.6 Å². The van der Waals surface area contributed by atoms with Crippen molar-refractivity contribution in [1.29, 1.82) is 0 Å². The van der Waals surface area contributed by atoms with E-state index >= 15 is 0 Å². The average Bonchev–Trinajstić information content (AvgIpc) is 1.94. The topological polar surface area (TPSA) is 43.1 Å². The first kappa shape index (κ1) is 7.79. The summed E-state index contributed by atoms with van der Waals surface area (Å²) >= 11 is 0. The molecule has 1 aromatic rings. The first-order chi connectivity index (χ1) is 5.11. The third-order valence-corrected chi connectivity index (χ3v) is 1.39. The van der Waals surface area contributed by atoms with E-state index in [1.807, 2.05) is 0 Å². The summed E-state index contributed by atoms with van der Waals surface area (Å²) in [6.07, 6.45) is 0. The smallest absolute Gasteiger partial charge is 0.251 e. The number of carbonyl (C=O) groups is 1. The highest BCUT2D eigenvalue weighted by atomic mass is 19.1. The highest BCUT2D eigenvalue weighted by Gasteiger charge is 2.06. The SMILES string of the molecule is Bc1ccc(F)c(C(N)=O)c1. The summed E-state index contributed by atoms with van der Waals surface area (Å²) in [7, 11) is 1.77. The van der Waals surface area contributed by atoms with Crippen LogP contribution in [0.1, 0.15) is 10.4 Å². The van der Waals surface area contributed by atoms with E-state index in [-0.39, 0.29) is 5.56 Å². The van der Waals surface area contributed by atoms with Crippen molar-refractivity contribution in [3.8, 4) is 0 Å². The van der Waals surface area contributed by atoms with Crippen LogP contribution >= 0.6 is 0 Å². The standard InChI is InChI=1S/C7H7BFNO/c8-4-1-2-6(9)5(3-4)7(10)11/h1-3H,8H2,(H2,10,11). The number of amides is 1. The molecule has 1 amide bonds. The minimum Gasteiger partial charge on any atom is -0.366 e. The predicted octanol–water partition coefficient (Wildman–Crippen LogP) is -0.817. The molecule has 0 saturated carbocycles. The highest BCUT2D eigenvalue weighted by molar-refractivity contribution is 6.32. The molecule has 1 rings (SSSR count). The molecule has 0 heterocycles. The van der Waals surface area contributed by atoms with Gasteiger partial charge in [-0.3, -0.25) is 4.79 Å². The third kappa shape index (κ3) is 1.58. The van der Waals surface area contributed by atoms with Crippen molar-refractivity contribution in [2.75, 3.05) is 0 Å². The number of hydrogen-bond donors (Lipinski definition) is 1. The zero-order valence-electron chi connectivity index (χ0n) is 6.10. The number of nitrogens with two attached hydrogens (primary N) is 1. The van der Waals surface area contributed by atoms with E-state index in [2.05, 4.69) is 0 Å². The number of benzene rings is 1. The van der Waals surface area contributed by atoms with Crippen LogP contribution < -0.4 is 11.2 Å². The summed E-state index contributed by atoms with van der Waals surface area (Å²) in [5, 5.41) is 0. The molecular weight excluding hydrogens is 144 g/mol. The minimum atomic E-state index is -0.730. The van der Waals surface area contributed by atoms with Crippen LogP contribution in [0.5, 0.6) is 0 Å². The zero-order valence-corrected chi connectivity index (χ0v) is 6.10. The average molecular weight is 151 g/mol. The lowest BCUT2D eigenvalue weighted by Gasteiger charge is -1.98. The van der Waals surface area contributed by atoms with E-state index in [4.69, 9.17) is 5.73 Å². The van der Waals surface area contributed by atoms with Gasteiger partial charge in [0.1, 0.15) is 13.7 Å². The maximum absolute atomic E-state index is 12.7. The number of carbonyl (C=O) groups excluding carboxylic acids is 1. The van der Waals surface area contributed by atoms with Gasteiger partial charge in [0.2, 0.25) is 0 Å². The van der Waals surface area contributed by atoms with Crippen LogP contribution in [0.4, 0.5) is 4.39 Å². The van der Waals surface area contributed by atoms with Crippen molar-refractivity contribution in [2.45, 2.75) is 0 Å².